The van der Waals surface area contributed by atoms with Gasteiger partial charge in [0.2, 0.25) is 0 Å². The Labute approximate surface area is 122 Å². The first-order chi connectivity index (χ1) is 7.88. The average molecular weight is 289 g/mol. The van der Waals surface area contributed by atoms with Crippen molar-refractivity contribution in [2.75, 3.05) is 24.5 Å². The minimum Gasteiger partial charge on any atom is -0.371 e. The van der Waals surface area contributed by atoms with Crippen LogP contribution in [0.5, 0.6) is 0 Å². The molecule has 18 heavy (non-hydrogen) atoms. The van der Waals surface area contributed by atoms with Gasteiger partial charge in [0.1, 0.15) is 0 Å². The van der Waals surface area contributed by atoms with Gasteiger partial charge in [0.05, 0.1) is 0 Å². The summed E-state index contributed by atoms with van der Waals surface area (Å²) in [5, 5.41) is 0. The fraction of sp³-hybridized carbons (Fsp3) is 0.571. The summed E-state index contributed by atoms with van der Waals surface area (Å²) in [6.07, 6.45) is 6.19. The highest BCUT2D eigenvalue weighted by molar-refractivity contribution is 5.85. The standard InChI is InChI=1S/C14H20N2.2ClH/c15-6-5-11-9-12-3-1-7-16-8-2-4-13(10-11)14(12)16;;/h9-10H,1-8,15H2;2*1H. The second kappa shape index (κ2) is 6.65. The van der Waals surface area contributed by atoms with Crippen LogP contribution in [0.4, 0.5) is 5.69 Å². The summed E-state index contributed by atoms with van der Waals surface area (Å²) >= 11 is 0. The van der Waals surface area contributed by atoms with Crippen molar-refractivity contribution in [3.05, 3.63) is 28.8 Å². The van der Waals surface area contributed by atoms with E-state index in [1.807, 2.05) is 0 Å². The molecule has 4 heteroatoms. The topological polar surface area (TPSA) is 29.3 Å². The van der Waals surface area contributed by atoms with Crippen LogP contribution < -0.4 is 10.6 Å². The van der Waals surface area contributed by atoms with E-state index in [1.165, 1.54) is 44.3 Å². The number of rotatable bonds is 2. The summed E-state index contributed by atoms with van der Waals surface area (Å²) < 4.78 is 0. The first kappa shape index (κ1) is 15.6. The summed E-state index contributed by atoms with van der Waals surface area (Å²) in [6, 6.07) is 4.78. The molecule has 1 aromatic rings. The molecule has 2 nitrogen and oxygen atoms in total. The van der Waals surface area contributed by atoms with Crippen molar-refractivity contribution in [3.8, 4) is 0 Å². The van der Waals surface area contributed by atoms with Crippen molar-refractivity contribution in [1.82, 2.24) is 0 Å². The lowest BCUT2D eigenvalue weighted by atomic mass is 9.89. The van der Waals surface area contributed by atoms with Gasteiger partial charge < -0.3 is 10.6 Å². The van der Waals surface area contributed by atoms with Gasteiger partial charge in [-0.05, 0) is 55.3 Å². The zero-order valence-corrected chi connectivity index (χ0v) is 12.3. The SMILES string of the molecule is Cl.Cl.NCCc1cc2c3c(c1)CCCN3CCC2. The molecule has 0 aliphatic carbocycles. The molecule has 0 spiro atoms. The van der Waals surface area contributed by atoms with Crippen LogP contribution in [0.3, 0.4) is 0 Å². The highest BCUT2D eigenvalue weighted by atomic mass is 35.5. The lowest BCUT2D eigenvalue weighted by molar-refractivity contribution is 0.632. The van der Waals surface area contributed by atoms with Crippen molar-refractivity contribution in [1.29, 1.82) is 0 Å². The molecular formula is C14H22Cl2N2. The smallest absolute Gasteiger partial charge is 0.0431 e. The number of nitrogens with two attached hydrogens (primary N) is 1. The zero-order valence-electron chi connectivity index (χ0n) is 10.7. The predicted octanol–water partition coefficient (Wildman–Crippen LogP) is 2.73. The van der Waals surface area contributed by atoms with E-state index in [0.717, 1.165) is 13.0 Å². The second-order valence-electron chi connectivity index (χ2n) is 5.00. The molecule has 0 aromatic heterocycles. The van der Waals surface area contributed by atoms with E-state index < -0.39 is 0 Å². The van der Waals surface area contributed by atoms with E-state index in [1.54, 1.807) is 16.8 Å². The fourth-order valence-corrected chi connectivity index (χ4v) is 3.19. The predicted molar refractivity (Wildman–Crippen MR) is 82.6 cm³/mol. The number of aryl methyl sites for hydroxylation is 2. The molecule has 0 saturated carbocycles. The number of hydrogen-bond donors (Lipinski definition) is 1. The van der Waals surface area contributed by atoms with E-state index in [-0.39, 0.29) is 24.8 Å². The Morgan fingerprint density at radius 1 is 1.00 bits per heavy atom. The highest BCUT2D eigenvalue weighted by Crippen LogP contribution is 2.35. The molecule has 102 valence electrons. The number of benzene rings is 1. The van der Waals surface area contributed by atoms with Crippen LogP contribution in [0.2, 0.25) is 0 Å². The Morgan fingerprint density at radius 2 is 1.56 bits per heavy atom. The molecule has 0 saturated heterocycles. The van der Waals surface area contributed by atoms with Gasteiger partial charge in [-0.25, -0.2) is 0 Å². The summed E-state index contributed by atoms with van der Waals surface area (Å²) in [5.74, 6) is 0. The molecule has 3 rings (SSSR count). The van der Waals surface area contributed by atoms with Crippen molar-refractivity contribution < 1.29 is 0 Å². The molecule has 0 atom stereocenters. The van der Waals surface area contributed by atoms with Gasteiger partial charge >= 0.3 is 0 Å². The Morgan fingerprint density at radius 3 is 2.06 bits per heavy atom. The van der Waals surface area contributed by atoms with Crippen molar-refractivity contribution >= 4 is 30.5 Å². The van der Waals surface area contributed by atoms with Crippen molar-refractivity contribution in [2.24, 2.45) is 5.73 Å². The van der Waals surface area contributed by atoms with Crippen molar-refractivity contribution in [2.45, 2.75) is 32.1 Å². The first-order valence-electron chi connectivity index (χ1n) is 6.48. The van der Waals surface area contributed by atoms with E-state index in [4.69, 9.17) is 5.73 Å². The number of nitrogens with zero attached hydrogens (tertiary/aromatic N) is 1. The molecule has 0 amide bonds. The van der Waals surface area contributed by atoms with E-state index in [0.29, 0.717) is 0 Å². The highest BCUT2D eigenvalue weighted by Gasteiger charge is 2.23. The van der Waals surface area contributed by atoms with Gasteiger partial charge in [-0.3, -0.25) is 0 Å². The molecule has 0 fully saturated rings. The number of halogens is 2. The summed E-state index contributed by atoms with van der Waals surface area (Å²) in [5.41, 5.74) is 11.8. The van der Waals surface area contributed by atoms with Crippen LogP contribution in [0, 0.1) is 0 Å². The van der Waals surface area contributed by atoms with E-state index >= 15 is 0 Å². The van der Waals surface area contributed by atoms with Gasteiger partial charge in [-0.1, -0.05) is 12.1 Å². The second-order valence-corrected chi connectivity index (χ2v) is 5.00. The Hall–Kier alpha value is -0.440. The quantitative estimate of drug-likeness (QED) is 0.907. The average Bonchev–Trinajstić information content (AvgIpc) is 2.30. The lowest BCUT2D eigenvalue weighted by Gasteiger charge is -2.37. The third kappa shape index (κ3) is 2.76. The Bertz CT molecular complexity index is 376. The third-order valence-electron chi connectivity index (χ3n) is 3.83. The zero-order chi connectivity index (χ0) is 11.0. The minimum atomic E-state index is 0. The van der Waals surface area contributed by atoms with Gasteiger partial charge in [-0.15, -0.1) is 24.8 Å². The fourth-order valence-electron chi connectivity index (χ4n) is 3.19. The maximum atomic E-state index is 5.66. The molecule has 2 aliphatic rings. The van der Waals surface area contributed by atoms with E-state index in [9.17, 15) is 0 Å². The normalized spacial score (nSPS) is 16.4. The van der Waals surface area contributed by atoms with Crippen LogP contribution >= 0.6 is 24.8 Å². The molecule has 2 aliphatic heterocycles. The number of hydrogen-bond acceptors (Lipinski definition) is 2. The third-order valence-corrected chi connectivity index (χ3v) is 3.83. The molecule has 0 bridgehead atoms. The van der Waals surface area contributed by atoms with Crippen LogP contribution in [0.1, 0.15) is 29.5 Å². The summed E-state index contributed by atoms with van der Waals surface area (Å²) in [4.78, 5) is 2.59. The molecule has 2 N–H and O–H groups in total. The Kier molecular flexibility index (Phi) is 5.77. The monoisotopic (exact) mass is 288 g/mol. The van der Waals surface area contributed by atoms with Gasteiger partial charge in [0.15, 0.2) is 0 Å². The summed E-state index contributed by atoms with van der Waals surface area (Å²) in [6.45, 7) is 3.29. The van der Waals surface area contributed by atoms with Crippen molar-refractivity contribution in [3.63, 3.8) is 0 Å². The minimum absolute atomic E-state index is 0. The molecular weight excluding hydrogens is 267 g/mol. The molecule has 1 aromatic carbocycles. The van der Waals surface area contributed by atoms with Gasteiger partial charge in [0.25, 0.3) is 0 Å². The summed E-state index contributed by atoms with van der Waals surface area (Å²) in [7, 11) is 0. The lowest BCUT2D eigenvalue weighted by Crippen LogP contribution is -2.34. The van der Waals surface area contributed by atoms with Gasteiger partial charge in [0, 0.05) is 18.8 Å². The largest absolute Gasteiger partial charge is 0.371 e. The van der Waals surface area contributed by atoms with Gasteiger partial charge in [-0.2, -0.15) is 0 Å². The number of anilines is 1. The van der Waals surface area contributed by atoms with Crippen LogP contribution in [-0.4, -0.2) is 19.6 Å². The maximum absolute atomic E-state index is 5.66. The van der Waals surface area contributed by atoms with Crippen LogP contribution in [0.15, 0.2) is 12.1 Å². The van der Waals surface area contributed by atoms with Crippen LogP contribution in [0.25, 0.3) is 0 Å². The Balaban J connectivity index is 0.000000810. The molecule has 2 heterocycles. The molecule has 0 radical (unpaired) electrons. The van der Waals surface area contributed by atoms with Crippen LogP contribution in [-0.2, 0) is 19.3 Å². The molecule has 0 unspecified atom stereocenters. The maximum Gasteiger partial charge on any atom is 0.0431 e. The first-order valence-corrected chi connectivity index (χ1v) is 6.48. The van der Waals surface area contributed by atoms with E-state index in [2.05, 4.69) is 17.0 Å².